The first-order chi connectivity index (χ1) is 9.74. The third-order valence-electron chi connectivity index (χ3n) is 2.98. The van der Waals surface area contributed by atoms with Crippen LogP contribution in [0.25, 0.3) is 10.9 Å². The average Bonchev–Trinajstić information content (AvgIpc) is 2.50. The second-order valence-electron chi connectivity index (χ2n) is 4.37. The third-order valence-corrected chi connectivity index (χ3v) is 4.97. The van der Waals surface area contributed by atoms with E-state index < -0.39 is 0 Å². The minimum atomic E-state index is 0.561. The molecule has 20 heavy (non-hydrogen) atoms. The topological polar surface area (TPSA) is 22.1 Å². The standard InChI is InChI=1S/C16H11Br2NO/c17-14-9-19-15-7-6-12(8-13(15)16(14)18)20-10-11-4-2-1-3-5-11/h1-9H,10H2. The van der Waals surface area contributed by atoms with Crippen molar-refractivity contribution in [3.8, 4) is 5.75 Å². The normalized spacial score (nSPS) is 10.7. The van der Waals surface area contributed by atoms with E-state index >= 15 is 0 Å². The van der Waals surface area contributed by atoms with Gasteiger partial charge in [-0.3, -0.25) is 4.98 Å². The Labute approximate surface area is 134 Å². The van der Waals surface area contributed by atoms with Gasteiger partial charge >= 0.3 is 0 Å². The van der Waals surface area contributed by atoms with Gasteiger partial charge in [0.15, 0.2) is 0 Å². The molecule has 0 aliphatic carbocycles. The van der Waals surface area contributed by atoms with Gasteiger partial charge in [-0.2, -0.15) is 0 Å². The van der Waals surface area contributed by atoms with E-state index in [1.807, 2.05) is 36.4 Å². The number of pyridine rings is 1. The minimum Gasteiger partial charge on any atom is -0.489 e. The van der Waals surface area contributed by atoms with Crippen LogP contribution in [-0.2, 0) is 6.61 Å². The fourth-order valence-corrected chi connectivity index (χ4v) is 2.68. The molecule has 0 saturated heterocycles. The molecule has 0 unspecified atom stereocenters. The van der Waals surface area contributed by atoms with Crippen molar-refractivity contribution in [3.63, 3.8) is 0 Å². The van der Waals surface area contributed by atoms with Crippen molar-refractivity contribution in [2.45, 2.75) is 6.61 Å². The lowest BCUT2D eigenvalue weighted by Gasteiger charge is -2.08. The number of aromatic nitrogens is 1. The molecule has 0 radical (unpaired) electrons. The highest BCUT2D eigenvalue weighted by Crippen LogP contribution is 2.32. The van der Waals surface area contributed by atoms with Gasteiger partial charge in [-0.05, 0) is 55.6 Å². The van der Waals surface area contributed by atoms with E-state index in [9.17, 15) is 0 Å². The smallest absolute Gasteiger partial charge is 0.120 e. The van der Waals surface area contributed by atoms with Crippen LogP contribution in [0.3, 0.4) is 0 Å². The first kappa shape index (κ1) is 13.6. The zero-order valence-corrected chi connectivity index (χ0v) is 13.7. The van der Waals surface area contributed by atoms with Gasteiger partial charge in [0, 0.05) is 16.1 Å². The van der Waals surface area contributed by atoms with Crippen LogP contribution in [0.4, 0.5) is 0 Å². The van der Waals surface area contributed by atoms with Crippen molar-refractivity contribution in [2.75, 3.05) is 0 Å². The summed E-state index contributed by atoms with van der Waals surface area (Å²) in [5.74, 6) is 0.835. The number of hydrogen-bond acceptors (Lipinski definition) is 2. The molecular formula is C16H11Br2NO. The van der Waals surface area contributed by atoms with Crippen LogP contribution in [0, 0.1) is 0 Å². The zero-order chi connectivity index (χ0) is 13.9. The molecular weight excluding hydrogens is 382 g/mol. The molecule has 0 bridgehead atoms. The number of ether oxygens (including phenoxy) is 1. The molecule has 1 heterocycles. The summed E-state index contributed by atoms with van der Waals surface area (Å²) in [5, 5.41) is 1.03. The zero-order valence-electron chi connectivity index (χ0n) is 10.5. The second kappa shape index (κ2) is 5.94. The molecule has 4 heteroatoms. The predicted octanol–water partition coefficient (Wildman–Crippen LogP) is 5.34. The molecule has 0 N–H and O–H groups in total. The molecule has 2 aromatic carbocycles. The van der Waals surface area contributed by atoms with Gasteiger partial charge in [0.2, 0.25) is 0 Å². The van der Waals surface area contributed by atoms with Gasteiger partial charge in [-0.25, -0.2) is 0 Å². The first-order valence-corrected chi connectivity index (χ1v) is 7.73. The number of hydrogen-bond donors (Lipinski definition) is 0. The van der Waals surface area contributed by atoms with Crippen LogP contribution in [-0.4, -0.2) is 4.98 Å². The van der Waals surface area contributed by atoms with Crippen LogP contribution in [0.5, 0.6) is 5.75 Å². The lowest BCUT2D eigenvalue weighted by atomic mass is 10.2. The fourth-order valence-electron chi connectivity index (χ4n) is 1.95. The van der Waals surface area contributed by atoms with Crippen molar-refractivity contribution >= 4 is 42.8 Å². The SMILES string of the molecule is Brc1cnc2ccc(OCc3ccccc3)cc2c1Br. The first-order valence-electron chi connectivity index (χ1n) is 6.14. The Hall–Kier alpha value is -1.39. The number of halogens is 2. The molecule has 0 amide bonds. The molecule has 0 aliphatic heterocycles. The molecule has 3 aromatic rings. The summed E-state index contributed by atoms with van der Waals surface area (Å²) < 4.78 is 7.76. The van der Waals surface area contributed by atoms with Gasteiger partial charge in [0.05, 0.1) is 9.99 Å². The van der Waals surface area contributed by atoms with Crippen molar-refractivity contribution in [2.24, 2.45) is 0 Å². The summed E-state index contributed by atoms with van der Waals surface area (Å²) >= 11 is 7.03. The Morgan fingerprint density at radius 1 is 1.00 bits per heavy atom. The quantitative estimate of drug-likeness (QED) is 0.600. The Morgan fingerprint density at radius 2 is 1.80 bits per heavy atom. The molecule has 0 fully saturated rings. The maximum absolute atomic E-state index is 5.83. The maximum atomic E-state index is 5.83. The van der Waals surface area contributed by atoms with E-state index in [4.69, 9.17) is 4.74 Å². The molecule has 3 rings (SSSR count). The summed E-state index contributed by atoms with van der Waals surface area (Å²) in [7, 11) is 0. The summed E-state index contributed by atoms with van der Waals surface area (Å²) in [4.78, 5) is 4.37. The van der Waals surface area contributed by atoms with E-state index in [0.717, 1.165) is 31.2 Å². The Bertz CT molecular complexity index is 744. The summed E-state index contributed by atoms with van der Waals surface area (Å²) in [6.07, 6.45) is 1.79. The largest absolute Gasteiger partial charge is 0.489 e. The Kier molecular flexibility index (Phi) is 4.03. The fraction of sp³-hybridized carbons (Fsp3) is 0.0625. The molecule has 0 spiro atoms. The molecule has 1 aromatic heterocycles. The lowest BCUT2D eigenvalue weighted by molar-refractivity contribution is 0.306. The molecule has 100 valence electrons. The van der Waals surface area contributed by atoms with Crippen LogP contribution in [0.15, 0.2) is 63.7 Å². The van der Waals surface area contributed by atoms with E-state index in [1.165, 1.54) is 0 Å². The second-order valence-corrected chi connectivity index (χ2v) is 6.02. The van der Waals surface area contributed by atoms with Gasteiger partial charge in [-0.15, -0.1) is 0 Å². The highest BCUT2D eigenvalue weighted by atomic mass is 79.9. The molecule has 0 atom stereocenters. The van der Waals surface area contributed by atoms with Crippen molar-refractivity contribution in [3.05, 3.63) is 69.2 Å². The minimum absolute atomic E-state index is 0.561. The molecule has 2 nitrogen and oxygen atoms in total. The number of fused-ring (bicyclic) bond motifs is 1. The summed E-state index contributed by atoms with van der Waals surface area (Å²) in [6.45, 7) is 0.561. The monoisotopic (exact) mass is 391 g/mol. The highest BCUT2D eigenvalue weighted by Gasteiger charge is 2.06. The third kappa shape index (κ3) is 2.86. The molecule has 0 saturated carbocycles. The summed E-state index contributed by atoms with van der Waals surface area (Å²) in [6, 6.07) is 16.0. The van der Waals surface area contributed by atoms with E-state index in [1.54, 1.807) is 6.20 Å². The van der Waals surface area contributed by atoms with Crippen molar-refractivity contribution in [1.29, 1.82) is 0 Å². The molecule has 0 aliphatic rings. The number of nitrogens with zero attached hydrogens (tertiary/aromatic N) is 1. The van der Waals surface area contributed by atoms with Gasteiger partial charge in [0.1, 0.15) is 12.4 Å². The highest BCUT2D eigenvalue weighted by molar-refractivity contribution is 9.13. The lowest BCUT2D eigenvalue weighted by Crippen LogP contribution is -1.95. The van der Waals surface area contributed by atoms with Gasteiger partial charge in [-0.1, -0.05) is 30.3 Å². The Balaban J connectivity index is 1.87. The number of benzene rings is 2. The van der Waals surface area contributed by atoms with E-state index in [2.05, 4.69) is 49.0 Å². The number of rotatable bonds is 3. The van der Waals surface area contributed by atoms with Crippen LogP contribution < -0.4 is 4.74 Å². The van der Waals surface area contributed by atoms with Gasteiger partial charge < -0.3 is 4.74 Å². The van der Waals surface area contributed by atoms with Crippen LogP contribution >= 0.6 is 31.9 Å². The van der Waals surface area contributed by atoms with E-state index in [0.29, 0.717) is 6.61 Å². The maximum Gasteiger partial charge on any atom is 0.120 e. The van der Waals surface area contributed by atoms with Crippen LogP contribution in [0.2, 0.25) is 0 Å². The van der Waals surface area contributed by atoms with Crippen molar-refractivity contribution in [1.82, 2.24) is 4.98 Å². The van der Waals surface area contributed by atoms with Crippen LogP contribution in [0.1, 0.15) is 5.56 Å². The predicted molar refractivity (Wildman–Crippen MR) is 87.9 cm³/mol. The average molecular weight is 393 g/mol. The Morgan fingerprint density at radius 3 is 2.60 bits per heavy atom. The van der Waals surface area contributed by atoms with Crippen molar-refractivity contribution < 1.29 is 4.74 Å². The van der Waals surface area contributed by atoms with E-state index in [-0.39, 0.29) is 0 Å². The van der Waals surface area contributed by atoms with Gasteiger partial charge in [0.25, 0.3) is 0 Å². The summed E-state index contributed by atoms with van der Waals surface area (Å²) in [5.41, 5.74) is 2.09.